The molecule has 3 heteroatoms. The van der Waals surface area contributed by atoms with Crippen molar-refractivity contribution in [3.8, 4) is 0 Å². The molecule has 0 aliphatic heterocycles. The van der Waals surface area contributed by atoms with Crippen molar-refractivity contribution in [3.63, 3.8) is 0 Å². The van der Waals surface area contributed by atoms with Gasteiger partial charge in [0.15, 0.2) is 0 Å². The number of ether oxygens (including phenoxy) is 1. The standard InChI is InChI=1S/C21H42O3/c1-4-5-6-7-10-13-16-20(24-19(2)3)17-14-11-8-9-12-15-18-21(22)23/h19-20H,4-18H2,1-3H3,(H,22,23). The van der Waals surface area contributed by atoms with Crippen LogP contribution in [0.25, 0.3) is 0 Å². The number of carboxylic acids is 1. The summed E-state index contributed by atoms with van der Waals surface area (Å²) in [6.45, 7) is 6.53. The molecule has 24 heavy (non-hydrogen) atoms. The molecular weight excluding hydrogens is 300 g/mol. The predicted octanol–water partition coefficient (Wildman–Crippen LogP) is 6.74. The summed E-state index contributed by atoms with van der Waals surface area (Å²) in [5.74, 6) is -0.668. The lowest BCUT2D eigenvalue weighted by Gasteiger charge is -2.20. The molecule has 0 heterocycles. The lowest BCUT2D eigenvalue weighted by atomic mass is 10.0. The van der Waals surface area contributed by atoms with Crippen LogP contribution in [0.1, 0.15) is 117 Å². The summed E-state index contributed by atoms with van der Waals surface area (Å²) in [6.07, 6.45) is 18.3. The Kier molecular flexibility index (Phi) is 16.8. The van der Waals surface area contributed by atoms with E-state index in [9.17, 15) is 4.79 Å². The zero-order valence-electron chi connectivity index (χ0n) is 16.5. The van der Waals surface area contributed by atoms with E-state index in [0.717, 1.165) is 12.8 Å². The minimum atomic E-state index is -0.668. The fourth-order valence-corrected chi connectivity index (χ4v) is 3.17. The van der Waals surface area contributed by atoms with Crippen LogP contribution in [0.3, 0.4) is 0 Å². The van der Waals surface area contributed by atoms with Crippen molar-refractivity contribution >= 4 is 5.97 Å². The number of carboxylic acid groups (broad SMARTS) is 1. The minimum Gasteiger partial charge on any atom is -0.481 e. The van der Waals surface area contributed by atoms with Crippen LogP contribution in [0.4, 0.5) is 0 Å². The zero-order chi connectivity index (χ0) is 18.0. The van der Waals surface area contributed by atoms with Gasteiger partial charge in [0.05, 0.1) is 12.2 Å². The van der Waals surface area contributed by atoms with Gasteiger partial charge in [-0.2, -0.15) is 0 Å². The first kappa shape index (κ1) is 23.4. The summed E-state index contributed by atoms with van der Waals surface area (Å²) < 4.78 is 6.08. The minimum absolute atomic E-state index is 0.322. The molecule has 0 aliphatic rings. The average molecular weight is 343 g/mol. The molecule has 1 N–H and O–H groups in total. The van der Waals surface area contributed by atoms with E-state index in [2.05, 4.69) is 20.8 Å². The van der Waals surface area contributed by atoms with E-state index < -0.39 is 5.97 Å². The van der Waals surface area contributed by atoms with E-state index in [-0.39, 0.29) is 0 Å². The summed E-state index contributed by atoms with van der Waals surface area (Å²) in [5.41, 5.74) is 0. The molecule has 0 amide bonds. The van der Waals surface area contributed by atoms with Crippen molar-refractivity contribution < 1.29 is 14.6 Å². The third-order valence-electron chi connectivity index (χ3n) is 4.51. The Hall–Kier alpha value is -0.570. The van der Waals surface area contributed by atoms with E-state index in [1.165, 1.54) is 77.0 Å². The third-order valence-corrected chi connectivity index (χ3v) is 4.51. The smallest absolute Gasteiger partial charge is 0.303 e. The van der Waals surface area contributed by atoms with Gasteiger partial charge in [0.1, 0.15) is 0 Å². The number of rotatable bonds is 18. The molecule has 0 aromatic heterocycles. The van der Waals surface area contributed by atoms with Crippen LogP contribution in [-0.2, 0) is 9.53 Å². The van der Waals surface area contributed by atoms with Crippen molar-refractivity contribution in [2.24, 2.45) is 0 Å². The fourth-order valence-electron chi connectivity index (χ4n) is 3.17. The monoisotopic (exact) mass is 342 g/mol. The molecule has 0 aromatic rings. The second-order valence-electron chi connectivity index (χ2n) is 7.42. The molecule has 0 spiro atoms. The molecule has 3 nitrogen and oxygen atoms in total. The SMILES string of the molecule is CCCCCCCCC(CCCCCCCCC(=O)O)OC(C)C. The van der Waals surface area contributed by atoms with E-state index in [4.69, 9.17) is 9.84 Å². The summed E-state index contributed by atoms with van der Waals surface area (Å²) >= 11 is 0. The molecule has 144 valence electrons. The molecular formula is C21H42O3. The molecule has 0 saturated carbocycles. The Morgan fingerprint density at radius 1 is 0.792 bits per heavy atom. The molecule has 0 saturated heterocycles. The normalized spacial score (nSPS) is 12.7. The molecule has 0 aromatic carbocycles. The quantitative estimate of drug-likeness (QED) is 0.281. The zero-order valence-corrected chi connectivity index (χ0v) is 16.5. The largest absolute Gasteiger partial charge is 0.481 e. The highest BCUT2D eigenvalue weighted by Crippen LogP contribution is 2.18. The van der Waals surface area contributed by atoms with Crippen LogP contribution < -0.4 is 0 Å². The molecule has 0 rings (SSSR count). The number of unbranched alkanes of at least 4 members (excludes halogenated alkanes) is 10. The van der Waals surface area contributed by atoms with Crippen LogP contribution in [-0.4, -0.2) is 23.3 Å². The van der Waals surface area contributed by atoms with E-state index in [1.807, 2.05) is 0 Å². The lowest BCUT2D eigenvalue weighted by molar-refractivity contribution is -0.137. The number of hydrogen-bond acceptors (Lipinski definition) is 2. The van der Waals surface area contributed by atoms with E-state index >= 15 is 0 Å². The van der Waals surface area contributed by atoms with Gasteiger partial charge in [-0.3, -0.25) is 4.79 Å². The highest BCUT2D eigenvalue weighted by Gasteiger charge is 2.10. The van der Waals surface area contributed by atoms with Gasteiger partial charge in [-0.15, -0.1) is 0 Å². The molecule has 0 aliphatic carbocycles. The van der Waals surface area contributed by atoms with E-state index in [1.54, 1.807) is 0 Å². The first-order valence-corrected chi connectivity index (χ1v) is 10.4. The maximum absolute atomic E-state index is 10.4. The topological polar surface area (TPSA) is 46.5 Å². The summed E-state index contributed by atoms with van der Waals surface area (Å²) in [5, 5.41) is 8.60. The van der Waals surface area contributed by atoms with Crippen molar-refractivity contribution in [1.82, 2.24) is 0 Å². The molecule has 1 unspecified atom stereocenters. The van der Waals surface area contributed by atoms with Gasteiger partial charge in [0.2, 0.25) is 0 Å². The van der Waals surface area contributed by atoms with Gasteiger partial charge in [-0.25, -0.2) is 0 Å². The summed E-state index contributed by atoms with van der Waals surface area (Å²) in [4.78, 5) is 10.4. The van der Waals surface area contributed by atoms with Crippen molar-refractivity contribution in [1.29, 1.82) is 0 Å². The van der Waals surface area contributed by atoms with Crippen molar-refractivity contribution in [2.45, 2.75) is 129 Å². The first-order valence-electron chi connectivity index (χ1n) is 10.4. The lowest BCUT2D eigenvalue weighted by Crippen LogP contribution is -2.18. The first-order chi connectivity index (χ1) is 11.6. The number of hydrogen-bond donors (Lipinski definition) is 1. The summed E-state index contributed by atoms with van der Waals surface area (Å²) in [6, 6.07) is 0. The Balaban J connectivity index is 3.62. The number of aliphatic carboxylic acids is 1. The van der Waals surface area contributed by atoms with Gasteiger partial charge < -0.3 is 9.84 Å². The van der Waals surface area contributed by atoms with Crippen molar-refractivity contribution in [2.75, 3.05) is 0 Å². The number of carbonyl (C=O) groups is 1. The Morgan fingerprint density at radius 2 is 1.25 bits per heavy atom. The fraction of sp³-hybridized carbons (Fsp3) is 0.952. The Morgan fingerprint density at radius 3 is 1.71 bits per heavy atom. The van der Waals surface area contributed by atoms with Gasteiger partial charge >= 0.3 is 5.97 Å². The van der Waals surface area contributed by atoms with Crippen LogP contribution in [0, 0.1) is 0 Å². The highest BCUT2D eigenvalue weighted by molar-refractivity contribution is 5.66. The Bertz CT molecular complexity index is 276. The maximum Gasteiger partial charge on any atom is 0.303 e. The van der Waals surface area contributed by atoms with Crippen LogP contribution in [0.2, 0.25) is 0 Å². The van der Waals surface area contributed by atoms with Crippen LogP contribution in [0.15, 0.2) is 0 Å². The summed E-state index contributed by atoms with van der Waals surface area (Å²) in [7, 11) is 0. The molecule has 1 atom stereocenters. The maximum atomic E-state index is 10.4. The third kappa shape index (κ3) is 17.8. The molecule has 0 radical (unpaired) electrons. The molecule has 0 bridgehead atoms. The van der Waals surface area contributed by atoms with Gasteiger partial charge in [0.25, 0.3) is 0 Å². The average Bonchev–Trinajstić information content (AvgIpc) is 2.52. The Labute approximate surface area is 150 Å². The highest BCUT2D eigenvalue weighted by atomic mass is 16.5. The van der Waals surface area contributed by atoms with E-state index in [0.29, 0.717) is 18.6 Å². The van der Waals surface area contributed by atoms with Crippen molar-refractivity contribution in [3.05, 3.63) is 0 Å². The second-order valence-corrected chi connectivity index (χ2v) is 7.42. The van der Waals surface area contributed by atoms with Gasteiger partial charge in [0, 0.05) is 6.42 Å². The second kappa shape index (κ2) is 17.3. The van der Waals surface area contributed by atoms with Crippen LogP contribution in [0.5, 0.6) is 0 Å². The molecule has 0 fully saturated rings. The van der Waals surface area contributed by atoms with Gasteiger partial charge in [-0.1, -0.05) is 77.6 Å². The van der Waals surface area contributed by atoms with Gasteiger partial charge in [-0.05, 0) is 33.1 Å². The van der Waals surface area contributed by atoms with Crippen LogP contribution >= 0.6 is 0 Å². The predicted molar refractivity (Wildman–Crippen MR) is 103 cm³/mol.